The van der Waals surface area contributed by atoms with Crippen molar-refractivity contribution in [3.05, 3.63) is 81.2 Å². The molecule has 1 aliphatic carbocycles. The van der Waals surface area contributed by atoms with Gasteiger partial charge in [0.2, 0.25) is 0 Å². The van der Waals surface area contributed by atoms with E-state index in [0.717, 1.165) is 11.3 Å². The summed E-state index contributed by atoms with van der Waals surface area (Å²) in [7, 11) is 3.15. The third kappa shape index (κ3) is 4.42. The number of hydrogen-bond donors (Lipinski definition) is 1. The van der Waals surface area contributed by atoms with Crippen molar-refractivity contribution in [3.63, 3.8) is 0 Å². The minimum Gasteiger partial charge on any atom is -0.497 e. The lowest BCUT2D eigenvalue weighted by molar-refractivity contribution is -0.138. The topological polar surface area (TPSA) is 73.9 Å². The van der Waals surface area contributed by atoms with Crippen LogP contribution in [0, 0.1) is 0 Å². The first-order chi connectivity index (χ1) is 16.4. The van der Waals surface area contributed by atoms with E-state index in [1.165, 1.54) is 0 Å². The Balaban J connectivity index is 1.86. The standard InChI is InChI=1S/C27H28ClNO5/c1-5-34-27(31)24-15(2)29-21-12-17(16-6-8-18(28)9-7-16)13-22(30)26(21)25(24)20-14-19(32-3)10-11-23(20)33-4/h6-11,14,17,25,29H,5,12-13H2,1-4H3/t17-,25-/m0/s1. The minimum atomic E-state index is -0.626. The minimum absolute atomic E-state index is 0.0146. The summed E-state index contributed by atoms with van der Waals surface area (Å²) in [6.07, 6.45) is 0.971. The Hall–Kier alpha value is -3.25. The van der Waals surface area contributed by atoms with Crippen LogP contribution in [0.2, 0.25) is 5.02 Å². The van der Waals surface area contributed by atoms with Gasteiger partial charge >= 0.3 is 5.97 Å². The Bertz CT molecular complexity index is 1180. The number of ether oxygens (including phenoxy) is 3. The number of hydrogen-bond acceptors (Lipinski definition) is 6. The summed E-state index contributed by atoms with van der Waals surface area (Å²) >= 11 is 6.06. The summed E-state index contributed by atoms with van der Waals surface area (Å²) in [6.45, 7) is 3.83. The highest BCUT2D eigenvalue weighted by Crippen LogP contribution is 2.48. The molecule has 2 aromatic rings. The van der Waals surface area contributed by atoms with E-state index >= 15 is 0 Å². The molecule has 0 radical (unpaired) electrons. The van der Waals surface area contributed by atoms with Gasteiger partial charge in [0.25, 0.3) is 0 Å². The number of nitrogens with one attached hydrogen (secondary N) is 1. The molecule has 0 spiro atoms. The normalized spacial score (nSPS) is 20.0. The molecule has 1 aliphatic heterocycles. The van der Waals surface area contributed by atoms with Gasteiger partial charge in [-0.3, -0.25) is 4.79 Å². The third-order valence-electron chi connectivity index (χ3n) is 6.41. The third-order valence-corrected chi connectivity index (χ3v) is 6.66. The van der Waals surface area contributed by atoms with E-state index in [9.17, 15) is 9.59 Å². The van der Waals surface area contributed by atoms with Crippen molar-refractivity contribution < 1.29 is 23.8 Å². The van der Waals surface area contributed by atoms with Crippen LogP contribution >= 0.6 is 11.6 Å². The fraction of sp³-hybridized carbons (Fsp3) is 0.333. The second kappa shape index (κ2) is 9.94. The molecule has 4 rings (SSSR count). The van der Waals surface area contributed by atoms with E-state index in [1.807, 2.05) is 37.3 Å². The number of carbonyl (C=O) groups is 2. The van der Waals surface area contributed by atoms with Crippen molar-refractivity contribution in [3.8, 4) is 11.5 Å². The number of methoxy groups -OCH3 is 2. The van der Waals surface area contributed by atoms with E-state index < -0.39 is 11.9 Å². The van der Waals surface area contributed by atoms with Crippen LogP contribution in [-0.2, 0) is 14.3 Å². The molecule has 34 heavy (non-hydrogen) atoms. The molecule has 0 aromatic heterocycles. The Labute approximate surface area is 204 Å². The van der Waals surface area contributed by atoms with Gasteiger partial charge in [-0.15, -0.1) is 0 Å². The summed E-state index contributed by atoms with van der Waals surface area (Å²) in [6, 6.07) is 13.0. The lowest BCUT2D eigenvalue weighted by Crippen LogP contribution is -2.36. The molecule has 7 heteroatoms. The van der Waals surface area contributed by atoms with Gasteiger partial charge in [0.15, 0.2) is 5.78 Å². The van der Waals surface area contributed by atoms with E-state index in [2.05, 4.69) is 5.32 Å². The number of dihydropyridines is 1. The highest BCUT2D eigenvalue weighted by Gasteiger charge is 2.42. The summed E-state index contributed by atoms with van der Waals surface area (Å²) in [5.74, 6) is 0.0978. The smallest absolute Gasteiger partial charge is 0.336 e. The van der Waals surface area contributed by atoms with Gasteiger partial charge in [0.1, 0.15) is 11.5 Å². The summed E-state index contributed by atoms with van der Waals surface area (Å²) < 4.78 is 16.5. The number of benzene rings is 2. The van der Waals surface area contributed by atoms with Crippen LogP contribution < -0.4 is 14.8 Å². The molecule has 178 valence electrons. The van der Waals surface area contributed by atoms with Crippen LogP contribution in [0.1, 0.15) is 49.7 Å². The van der Waals surface area contributed by atoms with Gasteiger partial charge in [-0.1, -0.05) is 23.7 Å². The number of ketones is 1. The maximum Gasteiger partial charge on any atom is 0.336 e. The Morgan fingerprint density at radius 1 is 1.09 bits per heavy atom. The van der Waals surface area contributed by atoms with Gasteiger partial charge in [-0.05, 0) is 62.1 Å². The lowest BCUT2D eigenvalue weighted by atomic mass is 9.71. The zero-order valence-electron chi connectivity index (χ0n) is 19.7. The Kier molecular flexibility index (Phi) is 6.98. The average molecular weight is 482 g/mol. The van der Waals surface area contributed by atoms with Crippen molar-refractivity contribution in [1.82, 2.24) is 5.32 Å². The number of Topliss-reactive ketones (excluding diaryl/α,β-unsaturated/α-hetero) is 1. The quantitative estimate of drug-likeness (QED) is 0.566. The Morgan fingerprint density at radius 2 is 1.82 bits per heavy atom. The molecule has 0 saturated heterocycles. The molecule has 2 aliphatic rings. The largest absolute Gasteiger partial charge is 0.497 e. The molecule has 0 saturated carbocycles. The van der Waals surface area contributed by atoms with Crippen molar-refractivity contribution in [2.24, 2.45) is 0 Å². The second-order valence-corrected chi connectivity index (χ2v) is 8.83. The maximum absolute atomic E-state index is 13.7. The Morgan fingerprint density at radius 3 is 2.47 bits per heavy atom. The van der Waals surface area contributed by atoms with E-state index in [-0.39, 0.29) is 18.3 Å². The van der Waals surface area contributed by atoms with Gasteiger partial charge in [0.05, 0.1) is 32.3 Å². The summed E-state index contributed by atoms with van der Waals surface area (Å²) in [5, 5.41) is 4.01. The van der Waals surface area contributed by atoms with Crippen molar-refractivity contribution in [2.75, 3.05) is 20.8 Å². The molecule has 6 nitrogen and oxygen atoms in total. The zero-order valence-corrected chi connectivity index (χ0v) is 20.5. The average Bonchev–Trinajstić information content (AvgIpc) is 2.83. The summed E-state index contributed by atoms with van der Waals surface area (Å²) in [5.41, 5.74) is 4.21. The molecule has 1 heterocycles. The van der Waals surface area contributed by atoms with Gasteiger partial charge in [0, 0.05) is 34.0 Å². The fourth-order valence-corrected chi connectivity index (χ4v) is 4.99. The van der Waals surface area contributed by atoms with E-state index in [1.54, 1.807) is 33.3 Å². The van der Waals surface area contributed by atoms with Crippen LogP contribution in [0.5, 0.6) is 11.5 Å². The predicted molar refractivity (Wildman–Crippen MR) is 130 cm³/mol. The molecule has 0 amide bonds. The molecule has 2 aromatic carbocycles. The first-order valence-electron chi connectivity index (χ1n) is 11.3. The number of rotatable bonds is 6. The number of esters is 1. The van der Waals surface area contributed by atoms with Crippen molar-refractivity contribution >= 4 is 23.4 Å². The number of halogens is 1. The molecule has 0 fully saturated rings. The van der Waals surface area contributed by atoms with Crippen molar-refractivity contribution in [2.45, 2.75) is 38.5 Å². The van der Waals surface area contributed by atoms with Crippen LogP contribution in [0.3, 0.4) is 0 Å². The lowest BCUT2D eigenvalue weighted by Gasteiger charge is -2.37. The molecule has 0 bridgehead atoms. The monoisotopic (exact) mass is 481 g/mol. The van der Waals surface area contributed by atoms with Gasteiger partial charge in [-0.25, -0.2) is 4.79 Å². The van der Waals surface area contributed by atoms with Crippen LogP contribution in [0.4, 0.5) is 0 Å². The van der Waals surface area contributed by atoms with Crippen LogP contribution in [0.15, 0.2) is 65.0 Å². The maximum atomic E-state index is 13.7. The van der Waals surface area contributed by atoms with E-state index in [0.29, 0.717) is 51.8 Å². The molecule has 0 unspecified atom stereocenters. The second-order valence-electron chi connectivity index (χ2n) is 8.40. The van der Waals surface area contributed by atoms with Crippen LogP contribution in [0.25, 0.3) is 0 Å². The fourth-order valence-electron chi connectivity index (χ4n) is 4.87. The predicted octanol–water partition coefficient (Wildman–Crippen LogP) is 5.28. The van der Waals surface area contributed by atoms with Gasteiger partial charge < -0.3 is 19.5 Å². The first kappa shape index (κ1) is 23.9. The highest BCUT2D eigenvalue weighted by atomic mass is 35.5. The van der Waals surface area contributed by atoms with Gasteiger partial charge in [-0.2, -0.15) is 0 Å². The first-order valence-corrected chi connectivity index (χ1v) is 11.6. The SMILES string of the molecule is CCOC(=O)C1=C(C)NC2=C(C(=O)C[C@@H](c3ccc(Cl)cc3)C2)[C@H]1c1cc(OC)ccc1OC. The molecule has 1 N–H and O–H groups in total. The number of carbonyl (C=O) groups excluding carboxylic acids is 2. The molecule has 2 atom stereocenters. The number of allylic oxidation sites excluding steroid dienone is 3. The van der Waals surface area contributed by atoms with Crippen LogP contribution in [-0.4, -0.2) is 32.6 Å². The molecular weight excluding hydrogens is 454 g/mol. The summed E-state index contributed by atoms with van der Waals surface area (Å²) in [4.78, 5) is 26.8. The van der Waals surface area contributed by atoms with Crippen molar-refractivity contribution in [1.29, 1.82) is 0 Å². The highest BCUT2D eigenvalue weighted by molar-refractivity contribution is 6.30. The molecular formula is C27H28ClNO5. The zero-order chi connectivity index (χ0) is 24.4. The van der Waals surface area contributed by atoms with E-state index in [4.69, 9.17) is 25.8 Å².